The number of carbonyl (C=O) groups is 1. The molecule has 0 spiro atoms. The molecule has 112 valence electrons. The van der Waals surface area contributed by atoms with Crippen molar-refractivity contribution in [1.29, 1.82) is 0 Å². The zero-order chi connectivity index (χ0) is 15.1. The fourth-order valence-corrected chi connectivity index (χ4v) is 2.35. The van der Waals surface area contributed by atoms with Gasteiger partial charge in [-0.15, -0.1) is 0 Å². The summed E-state index contributed by atoms with van der Waals surface area (Å²) in [7, 11) is 1.07. The maximum Gasteiger partial charge on any atom is 0.333 e. The summed E-state index contributed by atoms with van der Waals surface area (Å²) in [4.78, 5) is 11.2. The Labute approximate surface area is 121 Å². The topological polar surface area (TPSA) is 35.5 Å². The molecule has 0 aromatic rings. The van der Waals surface area contributed by atoms with Gasteiger partial charge in [0.15, 0.2) is 0 Å². The molecule has 0 saturated carbocycles. The largest absolute Gasteiger partial charge is 0.462 e. The summed E-state index contributed by atoms with van der Waals surface area (Å²) < 4.78 is 11.2. The standard InChI is InChI=1S/C15H30O3Si/c1-7-13(19)18-15(5,6)12(4)9-8-10-17-14(16)11(2)3/h12-13H,2,7-10H2,1,3-6,19H3. The highest BCUT2D eigenvalue weighted by atomic mass is 28.1. The fourth-order valence-electron chi connectivity index (χ4n) is 1.74. The van der Waals surface area contributed by atoms with Crippen molar-refractivity contribution in [1.82, 2.24) is 0 Å². The predicted molar refractivity (Wildman–Crippen MR) is 83.4 cm³/mol. The minimum absolute atomic E-state index is 0.110. The van der Waals surface area contributed by atoms with E-state index < -0.39 is 0 Å². The average molecular weight is 286 g/mol. The van der Waals surface area contributed by atoms with Gasteiger partial charge in [-0.25, -0.2) is 4.79 Å². The van der Waals surface area contributed by atoms with Gasteiger partial charge in [-0.3, -0.25) is 0 Å². The number of carbonyl (C=O) groups excluding carboxylic acids is 1. The van der Waals surface area contributed by atoms with Crippen LogP contribution in [0.15, 0.2) is 12.2 Å². The van der Waals surface area contributed by atoms with E-state index in [1.165, 1.54) is 0 Å². The van der Waals surface area contributed by atoms with Gasteiger partial charge in [-0.1, -0.05) is 20.4 Å². The quantitative estimate of drug-likeness (QED) is 0.283. The molecule has 0 aromatic carbocycles. The molecule has 0 amide bonds. The lowest BCUT2D eigenvalue weighted by atomic mass is 9.88. The van der Waals surface area contributed by atoms with E-state index in [2.05, 4.69) is 34.3 Å². The Balaban J connectivity index is 3.99. The number of hydrogen-bond acceptors (Lipinski definition) is 3. The van der Waals surface area contributed by atoms with Crippen LogP contribution in [0.1, 0.15) is 53.9 Å². The van der Waals surface area contributed by atoms with Gasteiger partial charge in [-0.05, 0) is 46.0 Å². The smallest absolute Gasteiger partial charge is 0.333 e. The molecule has 2 atom stereocenters. The number of ether oxygens (including phenoxy) is 2. The zero-order valence-electron chi connectivity index (χ0n) is 13.4. The van der Waals surface area contributed by atoms with Crippen LogP contribution < -0.4 is 0 Å². The van der Waals surface area contributed by atoms with Gasteiger partial charge < -0.3 is 9.47 Å². The first-order chi connectivity index (χ1) is 8.70. The summed E-state index contributed by atoms with van der Waals surface area (Å²) in [5.41, 5.74) is 0.762. The average Bonchev–Trinajstić information content (AvgIpc) is 2.32. The first kappa shape index (κ1) is 18.4. The lowest BCUT2D eigenvalue weighted by Crippen LogP contribution is -2.37. The predicted octanol–water partition coefficient (Wildman–Crippen LogP) is 2.42. The van der Waals surface area contributed by atoms with Crippen LogP contribution in [0.5, 0.6) is 0 Å². The van der Waals surface area contributed by atoms with Gasteiger partial charge in [0.05, 0.1) is 12.2 Å². The Kier molecular flexibility index (Phi) is 8.26. The third kappa shape index (κ3) is 7.53. The van der Waals surface area contributed by atoms with Crippen molar-refractivity contribution < 1.29 is 14.3 Å². The molecule has 0 heterocycles. The van der Waals surface area contributed by atoms with Crippen molar-refractivity contribution in [2.45, 2.75) is 65.2 Å². The van der Waals surface area contributed by atoms with Crippen LogP contribution >= 0.6 is 0 Å². The molecule has 0 aliphatic carbocycles. The third-order valence-corrected chi connectivity index (χ3v) is 4.68. The Morgan fingerprint density at radius 2 is 2.00 bits per heavy atom. The van der Waals surface area contributed by atoms with Gasteiger partial charge in [0.2, 0.25) is 0 Å². The van der Waals surface area contributed by atoms with Gasteiger partial charge in [-0.2, -0.15) is 0 Å². The monoisotopic (exact) mass is 286 g/mol. The van der Waals surface area contributed by atoms with Crippen LogP contribution in [0, 0.1) is 5.92 Å². The highest BCUT2D eigenvalue weighted by molar-refractivity contribution is 6.10. The van der Waals surface area contributed by atoms with E-state index >= 15 is 0 Å². The van der Waals surface area contributed by atoms with E-state index in [1.54, 1.807) is 6.92 Å². The second-order valence-corrected chi connectivity index (χ2v) is 7.19. The van der Waals surface area contributed by atoms with Crippen LogP contribution in [-0.4, -0.2) is 34.1 Å². The van der Waals surface area contributed by atoms with Gasteiger partial charge in [0.25, 0.3) is 0 Å². The zero-order valence-corrected chi connectivity index (χ0v) is 15.4. The van der Waals surface area contributed by atoms with Crippen molar-refractivity contribution in [3.05, 3.63) is 12.2 Å². The minimum atomic E-state index is -0.297. The van der Waals surface area contributed by atoms with Crippen LogP contribution in [0.2, 0.25) is 0 Å². The third-order valence-electron chi connectivity index (χ3n) is 3.63. The van der Waals surface area contributed by atoms with Crippen molar-refractivity contribution in [2.75, 3.05) is 6.61 Å². The molecule has 2 unspecified atom stereocenters. The van der Waals surface area contributed by atoms with Crippen LogP contribution in [0.4, 0.5) is 0 Å². The summed E-state index contributed by atoms with van der Waals surface area (Å²) in [5, 5.41) is 0. The number of hydrogen-bond donors (Lipinski definition) is 0. The second kappa shape index (κ2) is 8.54. The van der Waals surface area contributed by atoms with Crippen LogP contribution in [0.3, 0.4) is 0 Å². The molecule has 0 N–H and O–H groups in total. The molecule has 19 heavy (non-hydrogen) atoms. The molecule has 3 nitrogen and oxygen atoms in total. The Hall–Kier alpha value is -0.613. The summed E-state index contributed by atoms with van der Waals surface area (Å²) in [6, 6.07) is 0. The van der Waals surface area contributed by atoms with E-state index in [0.29, 0.717) is 23.8 Å². The number of rotatable bonds is 9. The van der Waals surface area contributed by atoms with Crippen molar-refractivity contribution in [2.24, 2.45) is 5.92 Å². The van der Waals surface area contributed by atoms with Crippen LogP contribution in [-0.2, 0) is 14.3 Å². The van der Waals surface area contributed by atoms with Crippen molar-refractivity contribution in [3.8, 4) is 0 Å². The van der Waals surface area contributed by atoms with Crippen molar-refractivity contribution >= 4 is 16.2 Å². The van der Waals surface area contributed by atoms with E-state index in [9.17, 15) is 4.79 Å². The molecule has 0 bridgehead atoms. The highest BCUT2D eigenvalue weighted by Crippen LogP contribution is 2.26. The maximum absolute atomic E-state index is 11.2. The van der Waals surface area contributed by atoms with E-state index in [0.717, 1.165) is 29.5 Å². The van der Waals surface area contributed by atoms with Crippen LogP contribution in [0.25, 0.3) is 0 Å². The minimum Gasteiger partial charge on any atom is -0.462 e. The summed E-state index contributed by atoms with van der Waals surface area (Å²) in [6.45, 7) is 14.3. The second-order valence-electron chi connectivity index (χ2n) is 5.90. The molecular formula is C15H30O3Si. The molecule has 4 heteroatoms. The Morgan fingerprint density at radius 1 is 1.42 bits per heavy atom. The lowest BCUT2D eigenvalue weighted by Gasteiger charge is -2.35. The Bertz CT molecular complexity index is 300. The highest BCUT2D eigenvalue weighted by Gasteiger charge is 2.27. The normalized spacial score (nSPS) is 15.0. The first-order valence-corrected chi connectivity index (χ1v) is 8.36. The van der Waals surface area contributed by atoms with E-state index in [1.807, 2.05) is 0 Å². The van der Waals surface area contributed by atoms with Gasteiger partial charge in [0, 0.05) is 21.5 Å². The summed E-state index contributed by atoms with van der Waals surface area (Å²) >= 11 is 0. The van der Waals surface area contributed by atoms with E-state index in [-0.39, 0.29) is 11.6 Å². The van der Waals surface area contributed by atoms with Gasteiger partial charge >= 0.3 is 5.97 Å². The first-order valence-electron chi connectivity index (χ1n) is 7.21. The van der Waals surface area contributed by atoms with E-state index in [4.69, 9.17) is 9.47 Å². The molecule has 0 aliphatic rings. The maximum atomic E-state index is 11.2. The molecule has 0 saturated heterocycles. The molecule has 0 fully saturated rings. The molecule has 0 radical (unpaired) electrons. The van der Waals surface area contributed by atoms with Gasteiger partial charge in [0.1, 0.15) is 0 Å². The molecule has 0 aliphatic heterocycles. The van der Waals surface area contributed by atoms with Crippen molar-refractivity contribution in [3.63, 3.8) is 0 Å². The lowest BCUT2D eigenvalue weighted by molar-refractivity contribution is -0.139. The molecule has 0 rings (SSSR count). The number of esters is 1. The fraction of sp³-hybridized carbons (Fsp3) is 0.800. The SMILES string of the molecule is C=C(C)C(=O)OCCCC(C)C(C)(C)OC([SiH3])CC. The molecular weight excluding hydrogens is 256 g/mol. The Morgan fingerprint density at radius 3 is 2.47 bits per heavy atom. The summed E-state index contributed by atoms with van der Waals surface area (Å²) in [6.07, 6.45) is 2.94. The molecule has 0 aromatic heterocycles. The summed E-state index contributed by atoms with van der Waals surface area (Å²) in [5.74, 6) is 0.146.